The lowest BCUT2D eigenvalue weighted by Crippen LogP contribution is -2.15. The molecule has 0 saturated heterocycles. The molecular weight excluding hydrogens is 209 g/mol. The number of hydrogen-bond donors (Lipinski definition) is 1. The third-order valence-corrected chi connectivity index (χ3v) is 2.16. The maximum absolute atomic E-state index is 13.1. The van der Waals surface area contributed by atoms with Gasteiger partial charge < -0.3 is 4.98 Å². The maximum atomic E-state index is 13.1. The molecule has 82 valence electrons. The highest BCUT2D eigenvalue weighted by Gasteiger charge is 2.09. The number of rotatable bonds is 1. The number of nitrogens with one attached hydrogen (secondary N) is 1. The largest absolute Gasteiger partial charge is 0.303 e. The summed E-state index contributed by atoms with van der Waals surface area (Å²) in [6.07, 6.45) is 0. The van der Waals surface area contributed by atoms with Crippen LogP contribution < -0.4 is 5.56 Å². The lowest BCUT2D eigenvalue weighted by atomic mass is 10.3. The minimum atomic E-state index is -0.851. The van der Waals surface area contributed by atoms with E-state index in [9.17, 15) is 9.18 Å². The van der Waals surface area contributed by atoms with E-state index >= 15 is 0 Å². The molecule has 16 heavy (non-hydrogen) atoms. The summed E-state index contributed by atoms with van der Waals surface area (Å²) in [6, 6.07) is 5.34. The van der Waals surface area contributed by atoms with Crippen LogP contribution in [0, 0.1) is 19.7 Å². The molecule has 0 unspecified atom stereocenters. The van der Waals surface area contributed by atoms with E-state index in [0.29, 0.717) is 5.69 Å². The van der Waals surface area contributed by atoms with Gasteiger partial charge in [0, 0.05) is 5.69 Å². The average molecular weight is 219 g/mol. The maximum Gasteiger partial charge on any atom is 0.287 e. The monoisotopic (exact) mass is 219 g/mol. The first-order chi connectivity index (χ1) is 7.58. The topological polar surface area (TPSA) is 58.6 Å². The summed E-state index contributed by atoms with van der Waals surface area (Å²) in [5, 5.41) is 0. The van der Waals surface area contributed by atoms with Crippen molar-refractivity contribution in [3.63, 3.8) is 0 Å². The van der Waals surface area contributed by atoms with Gasteiger partial charge in [0.2, 0.25) is 5.82 Å². The molecule has 2 aromatic rings. The Morgan fingerprint density at radius 1 is 1.25 bits per heavy atom. The Hall–Kier alpha value is -2.04. The predicted molar refractivity (Wildman–Crippen MR) is 57.5 cm³/mol. The normalized spacial score (nSPS) is 10.4. The van der Waals surface area contributed by atoms with Gasteiger partial charge in [-0.15, -0.1) is 0 Å². The lowest BCUT2D eigenvalue weighted by molar-refractivity contribution is 0.589. The van der Waals surface area contributed by atoms with Crippen molar-refractivity contribution in [3.05, 3.63) is 45.8 Å². The summed E-state index contributed by atoms with van der Waals surface area (Å²) in [7, 11) is 0. The summed E-state index contributed by atoms with van der Waals surface area (Å²) < 4.78 is 13.1. The van der Waals surface area contributed by atoms with E-state index in [-0.39, 0.29) is 11.5 Å². The molecule has 0 aromatic carbocycles. The number of aromatic amines is 1. The summed E-state index contributed by atoms with van der Waals surface area (Å²) in [4.78, 5) is 21.7. The summed E-state index contributed by atoms with van der Waals surface area (Å²) in [5.74, 6) is -0.566. The van der Waals surface area contributed by atoms with Gasteiger partial charge in [-0.2, -0.15) is 4.39 Å². The highest BCUT2D eigenvalue weighted by Crippen LogP contribution is 2.11. The SMILES string of the molecule is Cc1cccc(-c2nc(C)c(F)c(=O)[nH]2)n1. The molecule has 2 aromatic heterocycles. The quantitative estimate of drug-likeness (QED) is 0.792. The number of aryl methyl sites for hydroxylation is 2. The van der Waals surface area contributed by atoms with Crippen molar-refractivity contribution in [1.82, 2.24) is 15.0 Å². The van der Waals surface area contributed by atoms with Crippen LogP contribution in [0.15, 0.2) is 23.0 Å². The van der Waals surface area contributed by atoms with Crippen molar-refractivity contribution in [1.29, 1.82) is 0 Å². The zero-order valence-electron chi connectivity index (χ0n) is 8.91. The fourth-order valence-electron chi connectivity index (χ4n) is 1.37. The van der Waals surface area contributed by atoms with E-state index in [4.69, 9.17) is 0 Å². The first-order valence-electron chi connectivity index (χ1n) is 4.78. The Kier molecular flexibility index (Phi) is 2.52. The predicted octanol–water partition coefficient (Wildman–Crippen LogP) is 1.59. The summed E-state index contributed by atoms with van der Waals surface area (Å²) >= 11 is 0. The molecule has 0 spiro atoms. The first-order valence-corrected chi connectivity index (χ1v) is 4.78. The standard InChI is InChI=1S/C11H10FN3O/c1-6-4-3-5-8(13-6)10-14-7(2)9(12)11(16)15-10/h3-5H,1-2H3,(H,14,15,16). The van der Waals surface area contributed by atoms with Crippen LogP contribution in [0.4, 0.5) is 4.39 Å². The molecule has 4 nitrogen and oxygen atoms in total. The molecule has 0 bridgehead atoms. The third kappa shape index (κ3) is 1.84. The van der Waals surface area contributed by atoms with Gasteiger partial charge in [0.1, 0.15) is 5.69 Å². The number of hydrogen-bond acceptors (Lipinski definition) is 3. The zero-order chi connectivity index (χ0) is 11.7. The van der Waals surface area contributed by atoms with Crippen LogP contribution in [0.5, 0.6) is 0 Å². The van der Waals surface area contributed by atoms with E-state index in [1.807, 2.05) is 13.0 Å². The number of H-pyrrole nitrogens is 1. The highest BCUT2D eigenvalue weighted by molar-refractivity contribution is 5.48. The number of halogens is 1. The van der Waals surface area contributed by atoms with Crippen molar-refractivity contribution in [2.24, 2.45) is 0 Å². The van der Waals surface area contributed by atoms with Gasteiger partial charge in [-0.1, -0.05) is 6.07 Å². The molecule has 5 heteroatoms. The minimum Gasteiger partial charge on any atom is -0.303 e. The van der Waals surface area contributed by atoms with Crippen LogP contribution in [0.3, 0.4) is 0 Å². The second kappa shape index (κ2) is 3.84. The molecule has 0 saturated carbocycles. The number of pyridine rings is 1. The molecule has 0 radical (unpaired) electrons. The van der Waals surface area contributed by atoms with Crippen LogP contribution in [0.25, 0.3) is 11.5 Å². The third-order valence-electron chi connectivity index (χ3n) is 2.16. The fraction of sp³-hybridized carbons (Fsp3) is 0.182. The molecule has 0 fully saturated rings. The molecule has 0 aliphatic heterocycles. The van der Waals surface area contributed by atoms with E-state index in [1.165, 1.54) is 6.92 Å². The van der Waals surface area contributed by atoms with E-state index < -0.39 is 11.4 Å². The summed E-state index contributed by atoms with van der Waals surface area (Å²) in [6.45, 7) is 3.28. The van der Waals surface area contributed by atoms with Crippen LogP contribution in [-0.4, -0.2) is 15.0 Å². The molecule has 2 rings (SSSR count). The fourth-order valence-corrected chi connectivity index (χ4v) is 1.37. The molecule has 0 aliphatic rings. The minimum absolute atomic E-state index is 0.0713. The Labute approximate surface area is 91.2 Å². The van der Waals surface area contributed by atoms with Gasteiger partial charge >= 0.3 is 0 Å². The molecule has 0 amide bonds. The Morgan fingerprint density at radius 3 is 2.62 bits per heavy atom. The Morgan fingerprint density at radius 2 is 2.00 bits per heavy atom. The first kappa shape index (κ1) is 10.5. The lowest BCUT2D eigenvalue weighted by Gasteiger charge is -2.02. The van der Waals surface area contributed by atoms with Crippen LogP contribution in [-0.2, 0) is 0 Å². The smallest absolute Gasteiger partial charge is 0.287 e. The van der Waals surface area contributed by atoms with Crippen molar-refractivity contribution in [2.45, 2.75) is 13.8 Å². The Balaban J connectivity index is 2.61. The zero-order valence-corrected chi connectivity index (χ0v) is 8.91. The average Bonchev–Trinajstić information content (AvgIpc) is 2.25. The van der Waals surface area contributed by atoms with Crippen molar-refractivity contribution < 1.29 is 4.39 Å². The highest BCUT2D eigenvalue weighted by atomic mass is 19.1. The van der Waals surface area contributed by atoms with Gasteiger partial charge in [0.05, 0.1) is 5.69 Å². The van der Waals surface area contributed by atoms with Crippen LogP contribution in [0.2, 0.25) is 0 Å². The molecule has 1 N–H and O–H groups in total. The van der Waals surface area contributed by atoms with Gasteiger partial charge in [-0.05, 0) is 26.0 Å². The van der Waals surface area contributed by atoms with Gasteiger partial charge in [0.15, 0.2) is 5.82 Å². The molecule has 2 heterocycles. The van der Waals surface area contributed by atoms with Crippen LogP contribution >= 0.6 is 0 Å². The molecule has 0 aliphatic carbocycles. The molecule has 0 atom stereocenters. The van der Waals surface area contributed by atoms with Crippen molar-refractivity contribution >= 4 is 0 Å². The van der Waals surface area contributed by atoms with Gasteiger partial charge in [0.25, 0.3) is 5.56 Å². The van der Waals surface area contributed by atoms with Crippen LogP contribution in [0.1, 0.15) is 11.4 Å². The van der Waals surface area contributed by atoms with E-state index in [0.717, 1.165) is 5.69 Å². The van der Waals surface area contributed by atoms with Gasteiger partial charge in [-0.25, -0.2) is 9.97 Å². The number of nitrogens with zero attached hydrogens (tertiary/aromatic N) is 2. The second-order valence-electron chi connectivity index (χ2n) is 3.48. The van der Waals surface area contributed by atoms with E-state index in [2.05, 4.69) is 15.0 Å². The molecular formula is C11H10FN3O. The number of aromatic nitrogens is 3. The summed E-state index contributed by atoms with van der Waals surface area (Å²) in [5.41, 5.74) is 0.634. The van der Waals surface area contributed by atoms with Crippen molar-refractivity contribution in [3.8, 4) is 11.5 Å². The van der Waals surface area contributed by atoms with Crippen molar-refractivity contribution in [2.75, 3.05) is 0 Å². The van der Waals surface area contributed by atoms with Gasteiger partial charge in [-0.3, -0.25) is 4.79 Å². The Bertz CT molecular complexity index is 592. The van der Waals surface area contributed by atoms with E-state index in [1.54, 1.807) is 12.1 Å². The second-order valence-corrected chi connectivity index (χ2v) is 3.48.